The largest absolute Gasteiger partial charge is 2.00 e. The Morgan fingerprint density at radius 3 is 1.46 bits per heavy atom. The molecule has 0 spiro atoms. The molecule has 0 aliphatic heterocycles. The van der Waals surface area contributed by atoms with Gasteiger partial charge in [-0.2, -0.15) is 13.2 Å². The molecule has 0 unspecified atom stereocenters. The van der Waals surface area contributed by atoms with Gasteiger partial charge in [0, 0.05) is 0 Å². The molecular formula is C7H5Br2F3Zn. The van der Waals surface area contributed by atoms with Gasteiger partial charge in [0.1, 0.15) is 0 Å². The summed E-state index contributed by atoms with van der Waals surface area (Å²) in [6, 6.07) is 6.36. The summed E-state index contributed by atoms with van der Waals surface area (Å²) in [5, 5.41) is 0. The Labute approximate surface area is 108 Å². The zero-order valence-corrected chi connectivity index (χ0v) is 12.6. The molecular weight excluding hydrogens is 366 g/mol. The van der Waals surface area contributed by atoms with Crippen LogP contribution in [-0.2, 0) is 25.7 Å². The molecule has 1 aromatic rings. The zero-order valence-electron chi connectivity index (χ0n) is 6.48. The Morgan fingerprint density at radius 1 is 0.846 bits per heavy atom. The van der Waals surface area contributed by atoms with E-state index in [1.54, 1.807) is 6.07 Å². The Hall–Kier alpha value is 0.593. The number of hydrogen-bond donors (Lipinski definition) is 0. The van der Waals surface area contributed by atoms with Gasteiger partial charge in [-0.05, 0) is 0 Å². The molecule has 1 rings (SSSR count). The Morgan fingerprint density at radius 2 is 1.23 bits per heavy atom. The first kappa shape index (κ1) is 19.2. The van der Waals surface area contributed by atoms with Crippen molar-refractivity contribution in [3.8, 4) is 0 Å². The van der Waals surface area contributed by atoms with Gasteiger partial charge in [0.05, 0.1) is 5.56 Å². The van der Waals surface area contributed by atoms with Crippen molar-refractivity contribution in [2.24, 2.45) is 0 Å². The minimum atomic E-state index is -4.21. The maximum absolute atomic E-state index is 11.8. The van der Waals surface area contributed by atoms with E-state index in [1.165, 1.54) is 12.1 Å². The zero-order chi connectivity index (χ0) is 7.61. The summed E-state index contributed by atoms with van der Waals surface area (Å²) in [7, 11) is 0. The summed E-state index contributed by atoms with van der Waals surface area (Å²) in [6.45, 7) is 0. The first-order valence-electron chi connectivity index (χ1n) is 2.73. The van der Waals surface area contributed by atoms with E-state index in [-0.39, 0.29) is 53.4 Å². The quantitative estimate of drug-likeness (QED) is 0.420. The van der Waals surface area contributed by atoms with Crippen molar-refractivity contribution in [2.45, 2.75) is 6.18 Å². The summed E-state index contributed by atoms with van der Waals surface area (Å²) in [5.41, 5.74) is -0.602. The molecule has 0 amide bonds. The molecule has 0 fully saturated rings. The van der Waals surface area contributed by atoms with Gasteiger partial charge in [0.15, 0.2) is 0 Å². The molecule has 0 radical (unpaired) electrons. The summed E-state index contributed by atoms with van der Waals surface area (Å²) in [4.78, 5) is 0. The summed E-state index contributed by atoms with van der Waals surface area (Å²) < 4.78 is 35.4. The minimum absolute atomic E-state index is 0. The molecule has 0 bridgehead atoms. The normalized spacial score (nSPS) is 8.85. The van der Waals surface area contributed by atoms with Crippen molar-refractivity contribution in [1.29, 1.82) is 0 Å². The van der Waals surface area contributed by atoms with Crippen molar-refractivity contribution in [3.63, 3.8) is 0 Å². The molecule has 0 N–H and O–H groups in total. The van der Waals surface area contributed by atoms with E-state index in [4.69, 9.17) is 0 Å². The smallest absolute Gasteiger partial charge is 1.00 e. The Kier molecular flexibility index (Phi) is 11.7. The van der Waals surface area contributed by atoms with Gasteiger partial charge >= 0.3 is 25.7 Å². The Bertz CT molecular complexity index is 213. The maximum Gasteiger partial charge on any atom is 2.00 e. The third-order valence-corrected chi connectivity index (χ3v) is 1.10. The van der Waals surface area contributed by atoms with E-state index in [2.05, 4.69) is 0 Å². The molecule has 0 saturated heterocycles. The predicted molar refractivity (Wildman–Crippen MR) is 31.4 cm³/mol. The van der Waals surface area contributed by atoms with Crippen molar-refractivity contribution in [2.75, 3.05) is 0 Å². The van der Waals surface area contributed by atoms with Gasteiger partial charge in [0.25, 0.3) is 0 Å². The molecule has 13 heavy (non-hydrogen) atoms. The second-order valence-corrected chi connectivity index (χ2v) is 1.86. The van der Waals surface area contributed by atoms with E-state index >= 15 is 0 Å². The van der Waals surface area contributed by atoms with Gasteiger partial charge in [-0.1, -0.05) is 30.3 Å². The molecule has 6 heteroatoms. The molecule has 0 aromatic heterocycles. The fourth-order valence-electron chi connectivity index (χ4n) is 0.627. The fourth-order valence-corrected chi connectivity index (χ4v) is 0.627. The minimum Gasteiger partial charge on any atom is -1.00 e. The Balaban J connectivity index is -0.000000333. The first-order valence-corrected chi connectivity index (χ1v) is 2.73. The van der Waals surface area contributed by atoms with E-state index in [0.29, 0.717) is 0 Å². The van der Waals surface area contributed by atoms with Crippen LogP contribution in [0.5, 0.6) is 0 Å². The standard InChI is InChI=1S/C7H5F3.2BrH.Zn/c8-7(9,10)6-4-2-1-3-5-6;;;/h1-5H;2*1H;/q;;;+2/p-2. The van der Waals surface area contributed by atoms with Gasteiger partial charge in [-0.25, -0.2) is 0 Å². The molecule has 0 aliphatic carbocycles. The van der Waals surface area contributed by atoms with Crippen LogP contribution in [0.2, 0.25) is 0 Å². The van der Waals surface area contributed by atoms with Gasteiger partial charge < -0.3 is 34.0 Å². The second kappa shape index (κ2) is 7.95. The SMILES string of the molecule is FC(F)(F)c1ccccc1.[Br-].[Br-].[Zn+2]. The van der Waals surface area contributed by atoms with E-state index in [9.17, 15) is 13.2 Å². The number of hydrogen-bond acceptors (Lipinski definition) is 0. The topological polar surface area (TPSA) is 0 Å². The van der Waals surface area contributed by atoms with Crippen LogP contribution in [0.3, 0.4) is 0 Å². The molecule has 0 saturated carbocycles. The number of rotatable bonds is 0. The maximum atomic E-state index is 11.8. The second-order valence-electron chi connectivity index (χ2n) is 1.86. The van der Waals surface area contributed by atoms with Crippen LogP contribution < -0.4 is 34.0 Å². The monoisotopic (exact) mass is 368 g/mol. The van der Waals surface area contributed by atoms with Gasteiger partial charge in [0.2, 0.25) is 0 Å². The molecule has 0 heterocycles. The average Bonchev–Trinajstić information content (AvgIpc) is 1.88. The molecule has 1 aromatic carbocycles. The van der Waals surface area contributed by atoms with E-state index in [1.807, 2.05) is 0 Å². The molecule has 0 nitrogen and oxygen atoms in total. The first-order chi connectivity index (χ1) is 4.61. The van der Waals surface area contributed by atoms with E-state index < -0.39 is 11.7 Å². The van der Waals surface area contributed by atoms with Crippen molar-refractivity contribution in [1.82, 2.24) is 0 Å². The summed E-state index contributed by atoms with van der Waals surface area (Å²) in [6.07, 6.45) is -4.21. The van der Waals surface area contributed by atoms with Gasteiger partial charge in [-0.15, -0.1) is 0 Å². The average molecular weight is 371 g/mol. The van der Waals surface area contributed by atoms with Crippen LogP contribution in [0, 0.1) is 0 Å². The van der Waals surface area contributed by atoms with Crippen LogP contribution in [0.25, 0.3) is 0 Å². The van der Waals surface area contributed by atoms with Crippen molar-refractivity contribution >= 4 is 0 Å². The third kappa shape index (κ3) is 6.64. The number of benzene rings is 1. The summed E-state index contributed by atoms with van der Waals surface area (Å²) >= 11 is 0. The van der Waals surface area contributed by atoms with Gasteiger partial charge in [-0.3, -0.25) is 0 Å². The number of alkyl halides is 3. The van der Waals surface area contributed by atoms with Crippen LogP contribution in [0.15, 0.2) is 30.3 Å². The summed E-state index contributed by atoms with van der Waals surface area (Å²) in [5.74, 6) is 0. The number of halogens is 5. The molecule has 0 atom stereocenters. The van der Waals surface area contributed by atoms with Crippen LogP contribution in [0.1, 0.15) is 5.56 Å². The van der Waals surface area contributed by atoms with Crippen LogP contribution in [-0.4, -0.2) is 0 Å². The van der Waals surface area contributed by atoms with Crippen molar-refractivity contribution in [3.05, 3.63) is 35.9 Å². The molecule has 0 aliphatic rings. The van der Waals surface area contributed by atoms with Crippen molar-refractivity contribution < 1.29 is 66.6 Å². The molecule has 70 valence electrons. The van der Waals surface area contributed by atoms with Crippen LogP contribution >= 0.6 is 0 Å². The van der Waals surface area contributed by atoms with Crippen LogP contribution in [0.4, 0.5) is 13.2 Å². The third-order valence-electron chi connectivity index (χ3n) is 1.10. The predicted octanol–water partition coefficient (Wildman–Crippen LogP) is -3.29. The van der Waals surface area contributed by atoms with E-state index in [0.717, 1.165) is 12.1 Å². The fraction of sp³-hybridized carbons (Fsp3) is 0.143.